The quantitative estimate of drug-likeness (QED) is 0.432. The molecule has 2 aromatic carbocycles. The maximum absolute atomic E-state index is 11.8. The summed E-state index contributed by atoms with van der Waals surface area (Å²) in [7, 11) is 0. The Kier molecular flexibility index (Phi) is 5.95. The second-order valence-electron chi connectivity index (χ2n) is 7.58. The Hall–Kier alpha value is -3.29. The molecule has 1 unspecified atom stereocenters. The lowest BCUT2D eigenvalue weighted by molar-refractivity contribution is 0.0624. The molecule has 0 amide bonds. The molecule has 166 valence electrons. The zero-order chi connectivity index (χ0) is 23.0. The van der Waals surface area contributed by atoms with Gasteiger partial charge in [0.25, 0.3) is 0 Å². The second-order valence-corrected chi connectivity index (χ2v) is 7.95. The fraction of sp³-hybridized carbons (Fsp3) is 0.250. The van der Waals surface area contributed by atoms with Crippen molar-refractivity contribution in [3.63, 3.8) is 0 Å². The number of hydrogen-bond donors (Lipinski definition) is 1. The van der Waals surface area contributed by atoms with Crippen LogP contribution in [-0.4, -0.2) is 24.4 Å². The third kappa shape index (κ3) is 4.22. The van der Waals surface area contributed by atoms with Gasteiger partial charge in [0.1, 0.15) is 47.0 Å². The molecule has 4 aromatic rings. The average molecular weight is 457 g/mol. The fourth-order valence-electron chi connectivity index (χ4n) is 3.49. The minimum absolute atomic E-state index is 0.0280. The monoisotopic (exact) mass is 456 g/mol. The van der Waals surface area contributed by atoms with Crippen LogP contribution in [0.1, 0.15) is 16.7 Å². The Bertz CT molecular complexity index is 1430. The summed E-state index contributed by atoms with van der Waals surface area (Å²) in [5.74, 6) is 0.936. The maximum atomic E-state index is 11.8. The van der Waals surface area contributed by atoms with Crippen molar-refractivity contribution in [2.45, 2.75) is 26.9 Å². The third-order valence-corrected chi connectivity index (χ3v) is 5.70. The van der Waals surface area contributed by atoms with Gasteiger partial charge in [-0.2, -0.15) is 0 Å². The number of benzene rings is 2. The molecule has 1 atom stereocenters. The lowest BCUT2D eigenvalue weighted by Crippen LogP contribution is -2.25. The zero-order valence-corrected chi connectivity index (χ0v) is 18.5. The van der Waals surface area contributed by atoms with Crippen molar-refractivity contribution in [3.05, 3.63) is 79.0 Å². The first-order chi connectivity index (χ1) is 15.2. The summed E-state index contributed by atoms with van der Waals surface area (Å²) in [6.07, 6.45) is -0.927. The van der Waals surface area contributed by atoms with E-state index in [0.29, 0.717) is 39.2 Å². The van der Waals surface area contributed by atoms with E-state index in [4.69, 9.17) is 29.9 Å². The predicted molar refractivity (Wildman–Crippen MR) is 121 cm³/mol. The molecule has 8 heteroatoms. The molecule has 32 heavy (non-hydrogen) atoms. The van der Waals surface area contributed by atoms with Crippen LogP contribution in [0.5, 0.6) is 11.5 Å². The van der Waals surface area contributed by atoms with Gasteiger partial charge in [-0.05, 0) is 56.2 Å². The number of aliphatic hydroxyl groups excluding tert-OH is 1. The van der Waals surface area contributed by atoms with Crippen LogP contribution in [0.2, 0.25) is 5.02 Å². The molecular weight excluding hydrogens is 436 g/mol. The highest BCUT2D eigenvalue weighted by molar-refractivity contribution is 6.31. The lowest BCUT2D eigenvalue weighted by atomic mass is 10.1. The van der Waals surface area contributed by atoms with Gasteiger partial charge in [0.15, 0.2) is 0 Å². The molecule has 0 spiro atoms. The first-order valence-corrected chi connectivity index (χ1v) is 10.3. The van der Waals surface area contributed by atoms with Crippen LogP contribution in [0.3, 0.4) is 0 Å². The first kappa shape index (κ1) is 21.9. The highest BCUT2D eigenvalue weighted by Crippen LogP contribution is 2.29. The summed E-state index contributed by atoms with van der Waals surface area (Å²) < 4.78 is 21.9. The molecule has 4 rings (SSSR count). The Morgan fingerprint density at radius 2 is 1.66 bits per heavy atom. The predicted octanol–water partition coefficient (Wildman–Crippen LogP) is 4.30. The fourth-order valence-corrected chi connectivity index (χ4v) is 3.63. The van der Waals surface area contributed by atoms with Crippen molar-refractivity contribution >= 4 is 33.5 Å². The third-order valence-electron chi connectivity index (χ3n) is 5.26. The SMILES string of the molecule is Cc1c(Cl)c(=O)oc2cc(OCC(O)COc3ccc4c(C)cc(=O)oc4c3C)ccc12. The van der Waals surface area contributed by atoms with Gasteiger partial charge in [-0.3, -0.25) is 0 Å². The van der Waals surface area contributed by atoms with Gasteiger partial charge < -0.3 is 23.4 Å². The van der Waals surface area contributed by atoms with E-state index in [1.165, 1.54) is 6.07 Å². The maximum Gasteiger partial charge on any atom is 0.355 e. The van der Waals surface area contributed by atoms with Crippen molar-refractivity contribution in [1.29, 1.82) is 0 Å². The summed E-state index contributed by atoms with van der Waals surface area (Å²) in [6, 6.07) is 10.1. The summed E-state index contributed by atoms with van der Waals surface area (Å²) in [5, 5.41) is 11.9. The van der Waals surface area contributed by atoms with Crippen molar-refractivity contribution in [3.8, 4) is 11.5 Å². The highest BCUT2D eigenvalue weighted by Gasteiger charge is 2.14. The van der Waals surface area contributed by atoms with E-state index >= 15 is 0 Å². The largest absolute Gasteiger partial charge is 0.491 e. The number of hydrogen-bond acceptors (Lipinski definition) is 7. The van der Waals surface area contributed by atoms with Gasteiger partial charge in [-0.25, -0.2) is 9.59 Å². The van der Waals surface area contributed by atoms with Crippen molar-refractivity contribution in [1.82, 2.24) is 0 Å². The van der Waals surface area contributed by atoms with E-state index in [0.717, 1.165) is 10.9 Å². The van der Waals surface area contributed by atoms with E-state index in [-0.39, 0.29) is 18.2 Å². The number of halogens is 1. The Morgan fingerprint density at radius 1 is 0.938 bits per heavy atom. The van der Waals surface area contributed by atoms with E-state index in [9.17, 15) is 14.7 Å². The smallest absolute Gasteiger partial charge is 0.355 e. The molecule has 0 aliphatic heterocycles. The van der Waals surface area contributed by atoms with Gasteiger partial charge in [0.2, 0.25) is 0 Å². The van der Waals surface area contributed by atoms with Gasteiger partial charge in [0.05, 0.1) is 0 Å². The molecule has 0 radical (unpaired) electrons. The number of fused-ring (bicyclic) bond motifs is 2. The van der Waals surface area contributed by atoms with Crippen molar-refractivity contribution in [2.24, 2.45) is 0 Å². The van der Waals surface area contributed by atoms with Crippen LogP contribution < -0.4 is 20.7 Å². The topological polar surface area (TPSA) is 99.1 Å². The zero-order valence-electron chi connectivity index (χ0n) is 17.7. The van der Waals surface area contributed by atoms with Crippen LogP contribution in [-0.2, 0) is 0 Å². The Labute approximate surface area is 187 Å². The molecule has 0 aliphatic rings. The minimum Gasteiger partial charge on any atom is -0.491 e. The van der Waals surface area contributed by atoms with Crippen molar-refractivity contribution in [2.75, 3.05) is 13.2 Å². The van der Waals surface area contributed by atoms with Gasteiger partial charge >= 0.3 is 11.3 Å². The number of ether oxygens (including phenoxy) is 2. The first-order valence-electron chi connectivity index (χ1n) is 9.95. The molecule has 2 aromatic heterocycles. The number of rotatable bonds is 6. The van der Waals surface area contributed by atoms with Gasteiger partial charge in [-0.15, -0.1) is 0 Å². The van der Waals surface area contributed by atoms with Gasteiger partial charge in [-0.1, -0.05) is 11.6 Å². The van der Waals surface area contributed by atoms with E-state index in [1.807, 2.05) is 13.0 Å². The summed E-state index contributed by atoms with van der Waals surface area (Å²) >= 11 is 5.94. The molecule has 2 heterocycles. The molecule has 0 saturated heterocycles. The Balaban J connectivity index is 1.43. The number of aliphatic hydroxyl groups is 1. The van der Waals surface area contributed by atoms with E-state index in [2.05, 4.69) is 0 Å². The normalized spacial score (nSPS) is 12.3. The van der Waals surface area contributed by atoms with Gasteiger partial charge in [0, 0.05) is 28.5 Å². The highest BCUT2D eigenvalue weighted by atomic mass is 35.5. The van der Waals surface area contributed by atoms with Crippen LogP contribution >= 0.6 is 11.6 Å². The molecule has 0 aliphatic carbocycles. The van der Waals surface area contributed by atoms with E-state index < -0.39 is 17.4 Å². The second kappa shape index (κ2) is 8.68. The molecular formula is C24H21ClO7. The molecule has 7 nitrogen and oxygen atoms in total. The summed E-state index contributed by atoms with van der Waals surface area (Å²) in [5.41, 5.74) is 1.91. The Morgan fingerprint density at radius 3 is 2.44 bits per heavy atom. The lowest BCUT2D eigenvalue weighted by Gasteiger charge is -2.16. The standard InChI is InChI=1S/C24H21ClO7/c1-12-8-21(27)32-23-14(3)19(7-6-17(12)23)30-11-15(26)10-29-16-4-5-18-13(2)22(25)24(28)31-20(18)9-16/h4-9,15,26H,10-11H2,1-3H3. The van der Waals surface area contributed by atoms with Crippen molar-refractivity contribution < 1.29 is 23.4 Å². The molecule has 0 bridgehead atoms. The molecule has 0 saturated carbocycles. The van der Waals surface area contributed by atoms with E-state index in [1.54, 1.807) is 38.1 Å². The van der Waals surface area contributed by atoms with Crippen LogP contribution in [0.25, 0.3) is 21.9 Å². The van der Waals surface area contributed by atoms with Crippen LogP contribution in [0.15, 0.2) is 54.8 Å². The van der Waals surface area contributed by atoms with Crippen LogP contribution in [0.4, 0.5) is 0 Å². The molecule has 1 N–H and O–H groups in total. The number of aryl methyl sites for hydroxylation is 3. The molecule has 0 fully saturated rings. The average Bonchev–Trinajstić information content (AvgIpc) is 2.76. The summed E-state index contributed by atoms with van der Waals surface area (Å²) in [6.45, 7) is 5.31. The minimum atomic E-state index is -0.927. The summed E-state index contributed by atoms with van der Waals surface area (Å²) in [4.78, 5) is 23.5. The van der Waals surface area contributed by atoms with Crippen LogP contribution in [0, 0.1) is 20.8 Å².